The van der Waals surface area contributed by atoms with Crippen molar-refractivity contribution in [1.29, 1.82) is 0 Å². The Labute approximate surface area is 157 Å². The van der Waals surface area contributed by atoms with Crippen molar-refractivity contribution in [1.82, 2.24) is 10.1 Å². The van der Waals surface area contributed by atoms with E-state index in [1.54, 1.807) is 31.3 Å². The minimum atomic E-state index is -1.04. The molecular formula is C19H23N3O5. The minimum absolute atomic E-state index is 0.0742. The Morgan fingerprint density at radius 1 is 1.26 bits per heavy atom. The second-order valence-corrected chi connectivity index (χ2v) is 6.66. The molecule has 1 N–H and O–H groups in total. The van der Waals surface area contributed by atoms with Crippen LogP contribution in [0.3, 0.4) is 0 Å². The van der Waals surface area contributed by atoms with E-state index in [2.05, 4.69) is 10.1 Å². The Hall–Kier alpha value is -2.90. The highest BCUT2D eigenvalue weighted by molar-refractivity contribution is 5.92. The van der Waals surface area contributed by atoms with Crippen molar-refractivity contribution in [2.45, 2.75) is 44.4 Å². The number of anilines is 1. The maximum absolute atomic E-state index is 12.4. The van der Waals surface area contributed by atoms with E-state index in [0.717, 1.165) is 18.7 Å². The molecule has 1 aliphatic rings. The number of rotatable bonds is 8. The summed E-state index contributed by atoms with van der Waals surface area (Å²) in [6, 6.07) is 6.68. The Morgan fingerprint density at radius 2 is 1.96 bits per heavy atom. The van der Waals surface area contributed by atoms with Gasteiger partial charge in [0.2, 0.25) is 11.8 Å². The molecule has 3 rings (SSSR count). The molecule has 144 valence electrons. The third-order valence-electron chi connectivity index (χ3n) is 4.72. The Balaban J connectivity index is 1.50. The van der Waals surface area contributed by atoms with Gasteiger partial charge in [0.1, 0.15) is 5.75 Å². The van der Waals surface area contributed by atoms with Crippen LogP contribution in [0.2, 0.25) is 0 Å². The molecule has 1 saturated carbocycles. The summed E-state index contributed by atoms with van der Waals surface area (Å²) in [5.41, 5.74) is 0.694. The summed E-state index contributed by atoms with van der Waals surface area (Å²) in [5, 5.41) is 12.7. The molecule has 0 aliphatic heterocycles. The number of carbonyl (C=O) groups is 2. The van der Waals surface area contributed by atoms with Gasteiger partial charge >= 0.3 is 5.97 Å². The summed E-state index contributed by atoms with van der Waals surface area (Å²) in [6.45, 7) is -0.402. The highest BCUT2D eigenvalue weighted by Crippen LogP contribution is 2.32. The Morgan fingerprint density at radius 3 is 2.63 bits per heavy atom. The van der Waals surface area contributed by atoms with Crippen LogP contribution < -0.4 is 9.64 Å². The van der Waals surface area contributed by atoms with Gasteiger partial charge in [0, 0.05) is 31.5 Å². The number of carboxylic acids is 1. The van der Waals surface area contributed by atoms with Crippen LogP contribution in [0.15, 0.2) is 28.8 Å². The van der Waals surface area contributed by atoms with Crippen molar-refractivity contribution in [2.75, 3.05) is 18.6 Å². The van der Waals surface area contributed by atoms with Gasteiger partial charge in [0.25, 0.3) is 0 Å². The molecule has 0 unspecified atom stereocenters. The number of aryl methyl sites for hydroxylation is 1. The summed E-state index contributed by atoms with van der Waals surface area (Å²) in [6.07, 6.45) is 5.29. The lowest BCUT2D eigenvalue weighted by Crippen LogP contribution is -2.26. The van der Waals surface area contributed by atoms with Gasteiger partial charge in [-0.2, -0.15) is 4.98 Å². The summed E-state index contributed by atoms with van der Waals surface area (Å²) < 4.78 is 10.4. The quantitative estimate of drug-likeness (QED) is 0.758. The summed E-state index contributed by atoms with van der Waals surface area (Å²) in [5.74, 6) is 0.977. The lowest BCUT2D eigenvalue weighted by molar-refractivity contribution is -0.139. The van der Waals surface area contributed by atoms with Crippen LogP contribution >= 0.6 is 0 Å². The SMILES string of the molecule is CN(C(=O)CCc1nc(C2CCCC2)no1)c1ccc(OCC(=O)O)cc1. The number of hydrogen-bond acceptors (Lipinski definition) is 6. The molecular weight excluding hydrogens is 350 g/mol. The molecule has 1 amide bonds. The van der Waals surface area contributed by atoms with Crippen molar-refractivity contribution in [2.24, 2.45) is 0 Å². The van der Waals surface area contributed by atoms with Gasteiger partial charge in [-0.25, -0.2) is 4.79 Å². The Kier molecular flexibility index (Phi) is 6.05. The van der Waals surface area contributed by atoms with E-state index in [1.807, 2.05) is 0 Å². The number of amides is 1. The van der Waals surface area contributed by atoms with Crippen LogP contribution in [0.1, 0.15) is 49.7 Å². The second-order valence-electron chi connectivity index (χ2n) is 6.66. The van der Waals surface area contributed by atoms with Gasteiger partial charge in [-0.05, 0) is 37.1 Å². The third-order valence-corrected chi connectivity index (χ3v) is 4.72. The average molecular weight is 373 g/mol. The molecule has 1 aromatic heterocycles. The second kappa shape index (κ2) is 8.66. The molecule has 0 atom stereocenters. The van der Waals surface area contributed by atoms with Crippen LogP contribution in [-0.4, -0.2) is 40.8 Å². The van der Waals surface area contributed by atoms with E-state index in [9.17, 15) is 9.59 Å². The monoisotopic (exact) mass is 373 g/mol. The number of hydrogen-bond donors (Lipinski definition) is 1. The van der Waals surface area contributed by atoms with Gasteiger partial charge in [-0.15, -0.1) is 0 Å². The fraction of sp³-hybridized carbons (Fsp3) is 0.474. The van der Waals surface area contributed by atoms with E-state index >= 15 is 0 Å². The first-order valence-electron chi connectivity index (χ1n) is 9.06. The zero-order valence-corrected chi connectivity index (χ0v) is 15.3. The van der Waals surface area contributed by atoms with E-state index in [-0.39, 0.29) is 12.3 Å². The number of aromatic nitrogens is 2. The van der Waals surface area contributed by atoms with E-state index in [1.165, 1.54) is 17.7 Å². The number of carboxylic acid groups (broad SMARTS) is 1. The van der Waals surface area contributed by atoms with Crippen molar-refractivity contribution in [3.05, 3.63) is 36.0 Å². The van der Waals surface area contributed by atoms with Gasteiger partial charge < -0.3 is 19.3 Å². The van der Waals surface area contributed by atoms with Crippen molar-refractivity contribution in [3.63, 3.8) is 0 Å². The van der Waals surface area contributed by atoms with Crippen molar-refractivity contribution < 1.29 is 24.0 Å². The fourth-order valence-corrected chi connectivity index (χ4v) is 3.16. The maximum atomic E-state index is 12.4. The molecule has 27 heavy (non-hydrogen) atoms. The maximum Gasteiger partial charge on any atom is 0.341 e. The predicted molar refractivity (Wildman–Crippen MR) is 96.8 cm³/mol. The number of aliphatic carboxylic acids is 1. The molecule has 8 heteroatoms. The zero-order chi connectivity index (χ0) is 19.2. The van der Waals surface area contributed by atoms with Gasteiger partial charge in [-0.3, -0.25) is 4.79 Å². The van der Waals surface area contributed by atoms with E-state index < -0.39 is 12.6 Å². The lowest BCUT2D eigenvalue weighted by Gasteiger charge is -2.17. The van der Waals surface area contributed by atoms with Crippen LogP contribution in [0.25, 0.3) is 0 Å². The van der Waals surface area contributed by atoms with Crippen molar-refractivity contribution in [3.8, 4) is 5.75 Å². The highest BCUT2D eigenvalue weighted by atomic mass is 16.5. The molecule has 0 bridgehead atoms. The van der Waals surface area contributed by atoms with Crippen LogP contribution in [0.5, 0.6) is 5.75 Å². The molecule has 1 aromatic carbocycles. The number of carbonyl (C=O) groups excluding carboxylic acids is 1. The first-order valence-corrected chi connectivity index (χ1v) is 9.06. The molecule has 1 heterocycles. The standard InChI is InChI=1S/C19H23N3O5/c1-22(14-6-8-15(9-7-14)26-12-18(24)25)17(23)11-10-16-20-19(21-27-16)13-4-2-3-5-13/h6-9,13H,2-5,10-12H2,1H3,(H,24,25). The number of benzene rings is 1. The number of ether oxygens (including phenoxy) is 1. The van der Waals surface area contributed by atoms with E-state index in [4.69, 9.17) is 14.4 Å². The number of nitrogens with zero attached hydrogens (tertiary/aromatic N) is 3. The van der Waals surface area contributed by atoms with Crippen LogP contribution in [-0.2, 0) is 16.0 Å². The first kappa shape index (κ1) is 18.9. The van der Waals surface area contributed by atoms with Gasteiger partial charge in [0.05, 0.1) is 0 Å². The van der Waals surface area contributed by atoms with Crippen LogP contribution in [0, 0.1) is 0 Å². The first-order chi connectivity index (χ1) is 13.0. The largest absolute Gasteiger partial charge is 0.482 e. The zero-order valence-electron chi connectivity index (χ0n) is 15.3. The smallest absolute Gasteiger partial charge is 0.341 e. The molecule has 0 saturated heterocycles. The summed E-state index contributed by atoms with van der Waals surface area (Å²) >= 11 is 0. The highest BCUT2D eigenvalue weighted by Gasteiger charge is 2.22. The minimum Gasteiger partial charge on any atom is -0.482 e. The molecule has 0 spiro atoms. The third kappa shape index (κ3) is 5.06. The normalized spacial score (nSPS) is 14.3. The summed E-state index contributed by atoms with van der Waals surface area (Å²) in [4.78, 5) is 28.9. The molecule has 2 aromatic rings. The molecule has 0 radical (unpaired) electrons. The summed E-state index contributed by atoms with van der Waals surface area (Å²) in [7, 11) is 1.69. The van der Waals surface area contributed by atoms with Gasteiger partial charge in [0.15, 0.2) is 12.4 Å². The molecule has 8 nitrogen and oxygen atoms in total. The lowest BCUT2D eigenvalue weighted by atomic mass is 10.1. The van der Waals surface area contributed by atoms with Crippen LogP contribution in [0.4, 0.5) is 5.69 Å². The Bertz CT molecular complexity index is 781. The topological polar surface area (TPSA) is 106 Å². The van der Waals surface area contributed by atoms with Gasteiger partial charge in [-0.1, -0.05) is 18.0 Å². The molecule has 1 aliphatic carbocycles. The van der Waals surface area contributed by atoms with E-state index in [0.29, 0.717) is 29.7 Å². The average Bonchev–Trinajstić information content (AvgIpc) is 3.35. The predicted octanol–water partition coefficient (Wildman–Crippen LogP) is 2.79. The molecule has 1 fully saturated rings. The fourth-order valence-electron chi connectivity index (χ4n) is 3.16. The van der Waals surface area contributed by atoms with Crippen molar-refractivity contribution >= 4 is 17.6 Å².